The van der Waals surface area contributed by atoms with Crippen molar-refractivity contribution in [3.63, 3.8) is 0 Å². The average molecular weight is 214 g/mol. The molecule has 0 aliphatic heterocycles. The molecule has 0 heterocycles. The molecule has 0 N–H and O–H groups in total. The monoisotopic (exact) mass is 214 g/mol. The Bertz CT molecular complexity index is 488. The number of rotatable bonds is 3. The number of hydrogen-bond acceptors (Lipinski definition) is 1. The van der Waals surface area contributed by atoms with Crippen LogP contribution in [0.25, 0.3) is 0 Å². The lowest BCUT2D eigenvalue weighted by Gasteiger charge is -2.02. The maximum atomic E-state index is 12.9. The summed E-state index contributed by atoms with van der Waals surface area (Å²) in [5.74, 6) is -0.220. The SMILES string of the molecule is O=Cc1ccc(Cc2cccc(F)c2)cc1. The van der Waals surface area contributed by atoms with Gasteiger partial charge in [-0.25, -0.2) is 4.39 Å². The van der Waals surface area contributed by atoms with E-state index in [-0.39, 0.29) is 5.82 Å². The first-order valence-corrected chi connectivity index (χ1v) is 5.06. The summed E-state index contributed by atoms with van der Waals surface area (Å²) in [5.41, 5.74) is 2.65. The van der Waals surface area contributed by atoms with Crippen molar-refractivity contribution in [3.8, 4) is 0 Å². The number of hydrogen-bond donors (Lipinski definition) is 0. The van der Waals surface area contributed by atoms with Gasteiger partial charge in [-0.05, 0) is 29.7 Å². The predicted molar refractivity (Wildman–Crippen MR) is 61.0 cm³/mol. The Kier molecular flexibility index (Phi) is 3.10. The zero-order valence-corrected chi connectivity index (χ0v) is 8.69. The van der Waals surface area contributed by atoms with Gasteiger partial charge in [-0.3, -0.25) is 4.79 Å². The van der Waals surface area contributed by atoms with Gasteiger partial charge in [0.15, 0.2) is 0 Å². The topological polar surface area (TPSA) is 17.1 Å². The van der Waals surface area contributed by atoms with Crippen LogP contribution >= 0.6 is 0 Å². The highest BCUT2D eigenvalue weighted by atomic mass is 19.1. The Hall–Kier alpha value is -1.96. The molecule has 80 valence electrons. The van der Waals surface area contributed by atoms with E-state index in [0.717, 1.165) is 17.4 Å². The summed E-state index contributed by atoms with van der Waals surface area (Å²) in [6.45, 7) is 0. The van der Waals surface area contributed by atoms with Crippen molar-refractivity contribution in [3.05, 3.63) is 71.0 Å². The number of halogens is 1. The van der Waals surface area contributed by atoms with Crippen LogP contribution in [0.4, 0.5) is 4.39 Å². The highest BCUT2D eigenvalue weighted by molar-refractivity contribution is 5.74. The van der Waals surface area contributed by atoms with Gasteiger partial charge in [0.25, 0.3) is 0 Å². The van der Waals surface area contributed by atoms with Crippen LogP contribution in [0.5, 0.6) is 0 Å². The summed E-state index contributed by atoms with van der Waals surface area (Å²) >= 11 is 0. The second-order valence-corrected chi connectivity index (χ2v) is 3.67. The summed E-state index contributed by atoms with van der Waals surface area (Å²) < 4.78 is 12.9. The first-order valence-electron chi connectivity index (χ1n) is 5.06. The molecule has 0 spiro atoms. The van der Waals surface area contributed by atoms with Gasteiger partial charge in [0.05, 0.1) is 0 Å². The lowest BCUT2D eigenvalue weighted by Crippen LogP contribution is -1.89. The van der Waals surface area contributed by atoms with Crippen LogP contribution in [-0.2, 0) is 6.42 Å². The molecule has 2 aromatic rings. The van der Waals surface area contributed by atoms with E-state index in [9.17, 15) is 9.18 Å². The minimum Gasteiger partial charge on any atom is -0.298 e. The van der Waals surface area contributed by atoms with Crippen LogP contribution in [0, 0.1) is 5.82 Å². The van der Waals surface area contributed by atoms with Crippen LogP contribution in [0.15, 0.2) is 48.5 Å². The highest BCUT2D eigenvalue weighted by Gasteiger charge is 1.98. The Labute approximate surface area is 93.5 Å². The Morgan fingerprint density at radius 1 is 1.00 bits per heavy atom. The standard InChI is InChI=1S/C14H11FO/c15-14-3-1-2-13(9-14)8-11-4-6-12(10-16)7-5-11/h1-7,9-10H,8H2. The Morgan fingerprint density at radius 2 is 1.75 bits per heavy atom. The number of carbonyl (C=O) groups excluding carboxylic acids is 1. The van der Waals surface area contributed by atoms with Crippen molar-refractivity contribution < 1.29 is 9.18 Å². The van der Waals surface area contributed by atoms with E-state index in [1.165, 1.54) is 12.1 Å². The minimum absolute atomic E-state index is 0.220. The summed E-state index contributed by atoms with van der Waals surface area (Å²) in [5, 5.41) is 0. The average Bonchev–Trinajstić information content (AvgIpc) is 2.30. The molecular formula is C14H11FO. The van der Waals surface area contributed by atoms with Crippen LogP contribution < -0.4 is 0 Å². The molecule has 0 aliphatic rings. The van der Waals surface area contributed by atoms with E-state index in [1.807, 2.05) is 18.2 Å². The second-order valence-electron chi connectivity index (χ2n) is 3.67. The van der Waals surface area contributed by atoms with Crippen LogP contribution in [-0.4, -0.2) is 6.29 Å². The first kappa shape index (κ1) is 10.6. The van der Waals surface area contributed by atoms with E-state index in [4.69, 9.17) is 0 Å². The number of carbonyl (C=O) groups is 1. The molecule has 2 aromatic carbocycles. The predicted octanol–water partition coefficient (Wildman–Crippen LogP) is 3.23. The number of benzene rings is 2. The number of aldehydes is 1. The fourth-order valence-corrected chi connectivity index (χ4v) is 1.60. The first-order chi connectivity index (χ1) is 7.78. The summed E-state index contributed by atoms with van der Waals surface area (Å²) in [6, 6.07) is 13.8. The van der Waals surface area contributed by atoms with Crippen molar-refractivity contribution in [2.24, 2.45) is 0 Å². The Morgan fingerprint density at radius 3 is 2.38 bits per heavy atom. The molecule has 0 aromatic heterocycles. The summed E-state index contributed by atoms with van der Waals surface area (Å²) in [6.07, 6.45) is 1.49. The summed E-state index contributed by atoms with van der Waals surface area (Å²) in [7, 11) is 0. The smallest absolute Gasteiger partial charge is 0.150 e. The van der Waals surface area contributed by atoms with Crippen molar-refractivity contribution >= 4 is 6.29 Å². The van der Waals surface area contributed by atoms with Crippen LogP contribution in [0.3, 0.4) is 0 Å². The van der Waals surface area contributed by atoms with Gasteiger partial charge in [0.2, 0.25) is 0 Å². The van der Waals surface area contributed by atoms with Gasteiger partial charge in [-0.1, -0.05) is 36.4 Å². The molecule has 0 unspecified atom stereocenters. The van der Waals surface area contributed by atoms with Gasteiger partial charge in [-0.2, -0.15) is 0 Å². The molecule has 0 radical (unpaired) electrons. The van der Waals surface area contributed by atoms with E-state index < -0.39 is 0 Å². The zero-order valence-electron chi connectivity index (χ0n) is 8.69. The molecule has 0 atom stereocenters. The fraction of sp³-hybridized carbons (Fsp3) is 0.0714. The maximum absolute atomic E-state index is 12.9. The second kappa shape index (κ2) is 4.71. The van der Waals surface area contributed by atoms with E-state index in [1.54, 1.807) is 18.2 Å². The molecule has 0 bridgehead atoms. The maximum Gasteiger partial charge on any atom is 0.150 e. The lowest BCUT2D eigenvalue weighted by atomic mass is 10.0. The molecule has 0 saturated carbocycles. The quantitative estimate of drug-likeness (QED) is 0.717. The molecule has 16 heavy (non-hydrogen) atoms. The Balaban J connectivity index is 2.17. The van der Waals surface area contributed by atoms with Crippen molar-refractivity contribution in [1.29, 1.82) is 0 Å². The van der Waals surface area contributed by atoms with Crippen molar-refractivity contribution in [2.45, 2.75) is 6.42 Å². The van der Waals surface area contributed by atoms with Gasteiger partial charge >= 0.3 is 0 Å². The largest absolute Gasteiger partial charge is 0.298 e. The normalized spacial score (nSPS) is 10.1. The van der Waals surface area contributed by atoms with Crippen LogP contribution in [0.2, 0.25) is 0 Å². The minimum atomic E-state index is -0.220. The van der Waals surface area contributed by atoms with Gasteiger partial charge in [-0.15, -0.1) is 0 Å². The van der Waals surface area contributed by atoms with Gasteiger partial charge in [0, 0.05) is 5.56 Å². The molecule has 2 heteroatoms. The van der Waals surface area contributed by atoms with Gasteiger partial charge < -0.3 is 0 Å². The van der Waals surface area contributed by atoms with Gasteiger partial charge in [0.1, 0.15) is 12.1 Å². The molecule has 1 nitrogen and oxygen atoms in total. The van der Waals surface area contributed by atoms with Crippen molar-refractivity contribution in [1.82, 2.24) is 0 Å². The third-order valence-corrected chi connectivity index (χ3v) is 2.41. The molecule has 0 aliphatic carbocycles. The third-order valence-electron chi connectivity index (χ3n) is 2.41. The van der Waals surface area contributed by atoms with E-state index >= 15 is 0 Å². The zero-order chi connectivity index (χ0) is 11.4. The molecular weight excluding hydrogens is 203 g/mol. The lowest BCUT2D eigenvalue weighted by molar-refractivity contribution is 0.112. The molecule has 0 fully saturated rings. The van der Waals surface area contributed by atoms with Crippen LogP contribution in [0.1, 0.15) is 21.5 Å². The third kappa shape index (κ3) is 2.54. The van der Waals surface area contributed by atoms with Crippen molar-refractivity contribution in [2.75, 3.05) is 0 Å². The molecule has 0 saturated heterocycles. The van der Waals surface area contributed by atoms with E-state index in [2.05, 4.69) is 0 Å². The fourth-order valence-electron chi connectivity index (χ4n) is 1.60. The highest BCUT2D eigenvalue weighted by Crippen LogP contribution is 2.11. The molecule has 2 rings (SSSR count). The summed E-state index contributed by atoms with van der Waals surface area (Å²) in [4.78, 5) is 10.5. The molecule has 0 amide bonds. The van der Waals surface area contributed by atoms with E-state index in [0.29, 0.717) is 12.0 Å².